The number of piperazine rings is 1. The summed E-state index contributed by atoms with van der Waals surface area (Å²) in [5.74, 6) is 0.985. The van der Waals surface area contributed by atoms with Gasteiger partial charge in [0.1, 0.15) is 0 Å². The van der Waals surface area contributed by atoms with Crippen LogP contribution in [0.25, 0.3) is 10.8 Å². The fourth-order valence-corrected chi connectivity index (χ4v) is 3.23. The highest BCUT2D eigenvalue weighted by molar-refractivity contribution is 6.34. The summed E-state index contributed by atoms with van der Waals surface area (Å²) < 4.78 is 0. The van der Waals surface area contributed by atoms with Gasteiger partial charge in [0, 0.05) is 30.4 Å². The van der Waals surface area contributed by atoms with Gasteiger partial charge in [-0.2, -0.15) is 0 Å². The summed E-state index contributed by atoms with van der Waals surface area (Å²) in [7, 11) is 0. The van der Waals surface area contributed by atoms with Crippen LogP contribution in [0.2, 0.25) is 5.15 Å². The lowest BCUT2D eigenvalue weighted by Gasteiger charge is -2.38. The average Bonchev–Trinajstić information content (AvgIpc) is 3.21. The maximum atomic E-state index is 6.15. The summed E-state index contributed by atoms with van der Waals surface area (Å²) in [5.41, 5.74) is 0.267. The van der Waals surface area contributed by atoms with Crippen molar-refractivity contribution in [3.8, 4) is 0 Å². The van der Waals surface area contributed by atoms with Crippen molar-refractivity contribution in [2.45, 2.75) is 18.4 Å². The fourth-order valence-electron chi connectivity index (χ4n) is 3.02. The van der Waals surface area contributed by atoms with Crippen LogP contribution in [-0.4, -0.2) is 35.4 Å². The van der Waals surface area contributed by atoms with E-state index in [2.05, 4.69) is 26.5 Å². The summed E-state index contributed by atoms with van der Waals surface area (Å²) in [5, 5.41) is 14.6. The van der Waals surface area contributed by atoms with Crippen molar-refractivity contribution in [2.24, 2.45) is 0 Å². The van der Waals surface area contributed by atoms with E-state index < -0.39 is 0 Å². The molecule has 1 aliphatic heterocycles. The molecule has 2 aliphatic rings. The topological polar surface area (TPSA) is 41.1 Å². The van der Waals surface area contributed by atoms with Crippen LogP contribution in [0.4, 0.5) is 5.82 Å². The van der Waals surface area contributed by atoms with Gasteiger partial charge in [-0.05, 0) is 12.8 Å². The third-order valence-corrected chi connectivity index (χ3v) is 4.52. The Bertz CT molecular complexity index is 638. The summed E-state index contributed by atoms with van der Waals surface area (Å²) in [6, 6.07) is 8.12. The Balaban J connectivity index is 1.89. The van der Waals surface area contributed by atoms with Gasteiger partial charge < -0.3 is 10.2 Å². The molecule has 1 saturated heterocycles. The third kappa shape index (κ3) is 1.70. The van der Waals surface area contributed by atoms with E-state index >= 15 is 0 Å². The Labute approximate surface area is 116 Å². The van der Waals surface area contributed by atoms with Gasteiger partial charge >= 0.3 is 0 Å². The predicted molar refractivity (Wildman–Crippen MR) is 76.7 cm³/mol. The molecule has 5 heteroatoms. The number of nitrogens with one attached hydrogen (secondary N) is 1. The Morgan fingerprint density at radius 2 is 1.95 bits per heavy atom. The lowest BCUT2D eigenvalue weighted by Crippen LogP contribution is -2.53. The molecular formula is C14H15ClN4. The largest absolute Gasteiger partial charge is 0.346 e. The molecule has 1 spiro atoms. The summed E-state index contributed by atoms with van der Waals surface area (Å²) in [6.45, 7) is 3.03. The van der Waals surface area contributed by atoms with Crippen LogP contribution in [0.3, 0.4) is 0 Å². The Hall–Kier alpha value is -1.39. The van der Waals surface area contributed by atoms with Crippen molar-refractivity contribution >= 4 is 28.2 Å². The number of nitrogens with zero attached hydrogens (tertiary/aromatic N) is 3. The molecule has 0 bridgehead atoms. The van der Waals surface area contributed by atoms with E-state index in [-0.39, 0.29) is 5.54 Å². The molecule has 2 aromatic rings. The molecule has 98 valence electrons. The highest BCUT2D eigenvalue weighted by Crippen LogP contribution is 2.45. The number of rotatable bonds is 1. The first-order valence-electron chi connectivity index (χ1n) is 6.69. The van der Waals surface area contributed by atoms with Crippen molar-refractivity contribution in [3.05, 3.63) is 29.4 Å². The highest BCUT2D eigenvalue weighted by atomic mass is 35.5. The quantitative estimate of drug-likeness (QED) is 0.866. The molecule has 0 amide bonds. The molecule has 1 aliphatic carbocycles. The van der Waals surface area contributed by atoms with Gasteiger partial charge in [-0.25, -0.2) is 0 Å². The van der Waals surface area contributed by atoms with Crippen LogP contribution >= 0.6 is 11.6 Å². The minimum atomic E-state index is 0.267. The van der Waals surface area contributed by atoms with Gasteiger partial charge in [-0.1, -0.05) is 35.9 Å². The maximum absolute atomic E-state index is 6.15. The molecule has 4 rings (SSSR count). The Kier molecular flexibility index (Phi) is 2.44. The van der Waals surface area contributed by atoms with Gasteiger partial charge in [0.05, 0.1) is 5.54 Å². The van der Waals surface area contributed by atoms with Gasteiger partial charge in [-0.15, -0.1) is 10.2 Å². The minimum Gasteiger partial charge on any atom is -0.346 e. The van der Waals surface area contributed by atoms with Crippen LogP contribution in [0.15, 0.2) is 24.3 Å². The molecule has 4 nitrogen and oxygen atoms in total. The van der Waals surface area contributed by atoms with Crippen molar-refractivity contribution in [1.29, 1.82) is 0 Å². The molecular weight excluding hydrogens is 260 g/mol. The summed E-state index contributed by atoms with van der Waals surface area (Å²) in [4.78, 5) is 2.43. The molecule has 2 heterocycles. The number of hydrogen-bond donors (Lipinski definition) is 1. The zero-order valence-electron chi connectivity index (χ0n) is 10.6. The van der Waals surface area contributed by atoms with Crippen LogP contribution in [0.1, 0.15) is 12.8 Å². The van der Waals surface area contributed by atoms with E-state index in [0.29, 0.717) is 5.15 Å². The first kappa shape index (κ1) is 11.4. The van der Waals surface area contributed by atoms with E-state index in [1.807, 2.05) is 18.2 Å². The van der Waals surface area contributed by atoms with Gasteiger partial charge in [0.25, 0.3) is 0 Å². The Morgan fingerprint density at radius 1 is 1.16 bits per heavy atom. The number of hydrogen-bond acceptors (Lipinski definition) is 4. The standard InChI is InChI=1S/C14H15ClN4/c15-12-10-3-1-2-4-11(10)13(18-17-12)19-8-7-16-9-14(19)5-6-14/h1-4,16H,5-9H2. The smallest absolute Gasteiger partial charge is 0.159 e. The molecule has 0 radical (unpaired) electrons. The maximum Gasteiger partial charge on any atom is 0.159 e. The SMILES string of the molecule is Clc1nnc(N2CCNCC23CC3)c2ccccc12. The van der Waals surface area contributed by atoms with E-state index in [1.165, 1.54) is 12.8 Å². The number of aromatic nitrogens is 2. The monoisotopic (exact) mass is 274 g/mol. The molecule has 1 aromatic carbocycles. The first-order valence-corrected chi connectivity index (χ1v) is 7.07. The minimum absolute atomic E-state index is 0.267. The number of fused-ring (bicyclic) bond motifs is 1. The van der Waals surface area contributed by atoms with E-state index in [9.17, 15) is 0 Å². The van der Waals surface area contributed by atoms with Crippen molar-refractivity contribution in [3.63, 3.8) is 0 Å². The molecule has 1 N–H and O–H groups in total. The van der Waals surface area contributed by atoms with E-state index in [0.717, 1.165) is 36.2 Å². The third-order valence-electron chi connectivity index (χ3n) is 4.24. The van der Waals surface area contributed by atoms with Crippen LogP contribution in [-0.2, 0) is 0 Å². The number of benzene rings is 1. The molecule has 1 aromatic heterocycles. The van der Waals surface area contributed by atoms with Crippen LogP contribution in [0, 0.1) is 0 Å². The van der Waals surface area contributed by atoms with Gasteiger partial charge in [0.15, 0.2) is 11.0 Å². The normalized spacial score (nSPS) is 21.0. The van der Waals surface area contributed by atoms with Gasteiger partial charge in [0.2, 0.25) is 0 Å². The van der Waals surface area contributed by atoms with E-state index in [4.69, 9.17) is 11.6 Å². The number of anilines is 1. The molecule has 1 saturated carbocycles. The van der Waals surface area contributed by atoms with Gasteiger partial charge in [-0.3, -0.25) is 0 Å². The van der Waals surface area contributed by atoms with E-state index in [1.54, 1.807) is 0 Å². The van der Waals surface area contributed by atoms with Crippen LogP contribution in [0.5, 0.6) is 0 Å². The second-order valence-electron chi connectivity index (χ2n) is 5.41. The van der Waals surface area contributed by atoms with Crippen molar-refractivity contribution in [2.75, 3.05) is 24.5 Å². The predicted octanol–water partition coefficient (Wildman–Crippen LogP) is 2.23. The lowest BCUT2D eigenvalue weighted by atomic mass is 10.1. The highest BCUT2D eigenvalue weighted by Gasteiger charge is 2.50. The van der Waals surface area contributed by atoms with Crippen molar-refractivity contribution in [1.82, 2.24) is 15.5 Å². The lowest BCUT2D eigenvalue weighted by molar-refractivity contribution is 0.460. The van der Waals surface area contributed by atoms with Crippen LogP contribution < -0.4 is 10.2 Å². The fraction of sp³-hybridized carbons (Fsp3) is 0.429. The average molecular weight is 275 g/mol. The van der Waals surface area contributed by atoms with Crippen molar-refractivity contribution < 1.29 is 0 Å². The second kappa shape index (κ2) is 4.05. The second-order valence-corrected chi connectivity index (χ2v) is 5.77. The molecule has 2 fully saturated rings. The molecule has 0 atom stereocenters. The summed E-state index contributed by atoms with van der Waals surface area (Å²) >= 11 is 6.15. The zero-order valence-corrected chi connectivity index (χ0v) is 11.3. The zero-order chi connectivity index (χ0) is 12.9. The number of halogens is 1. The Morgan fingerprint density at radius 3 is 2.74 bits per heavy atom. The molecule has 0 unspecified atom stereocenters. The first-order chi connectivity index (χ1) is 9.30. The summed E-state index contributed by atoms with van der Waals surface area (Å²) in [6.07, 6.45) is 2.47. The molecule has 19 heavy (non-hydrogen) atoms.